The molecule has 0 aromatic rings. The third-order valence-corrected chi connectivity index (χ3v) is 3.23. The highest BCUT2D eigenvalue weighted by molar-refractivity contribution is 4.69. The van der Waals surface area contributed by atoms with Crippen molar-refractivity contribution in [3.8, 4) is 0 Å². The predicted octanol–water partition coefficient (Wildman–Crippen LogP) is -1.75. The fraction of sp³-hybridized carbons (Fsp3) is 1.00. The topological polar surface area (TPSA) is 0 Å². The molecule has 2 bridgehead atoms. The molecule has 3 saturated heterocycles. The lowest BCUT2D eigenvalue weighted by Gasteiger charge is -2.46. The van der Waals surface area contributed by atoms with Crippen molar-refractivity contribution in [3.05, 3.63) is 0 Å². The van der Waals surface area contributed by atoms with Crippen molar-refractivity contribution >= 4 is 0 Å². The minimum Gasteiger partial charge on any atom is -1.00 e. The molecule has 0 radical (unpaired) electrons. The van der Waals surface area contributed by atoms with Crippen LogP contribution in [-0.4, -0.2) is 31.2 Å². The zero-order valence-electron chi connectivity index (χ0n) is 6.65. The molecular formula is C8H16IN. The molecule has 3 aliphatic rings. The Labute approximate surface area is 80.4 Å². The largest absolute Gasteiger partial charge is 1.00 e. The van der Waals surface area contributed by atoms with Gasteiger partial charge in [0.2, 0.25) is 0 Å². The first-order valence-corrected chi connectivity index (χ1v) is 4.12. The second-order valence-electron chi connectivity index (χ2n) is 4.02. The van der Waals surface area contributed by atoms with E-state index in [1.807, 2.05) is 0 Å². The number of hydrogen-bond acceptors (Lipinski definition) is 0. The molecule has 2 heteroatoms. The van der Waals surface area contributed by atoms with Crippen molar-refractivity contribution in [1.82, 2.24) is 0 Å². The van der Waals surface area contributed by atoms with Crippen LogP contribution < -0.4 is 24.0 Å². The van der Waals surface area contributed by atoms with Crippen molar-refractivity contribution in [2.75, 3.05) is 26.7 Å². The zero-order chi connectivity index (χ0) is 6.32. The van der Waals surface area contributed by atoms with E-state index in [-0.39, 0.29) is 24.0 Å². The quantitative estimate of drug-likeness (QED) is 0.355. The van der Waals surface area contributed by atoms with E-state index in [1.54, 1.807) is 0 Å². The van der Waals surface area contributed by atoms with Crippen molar-refractivity contribution in [3.63, 3.8) is 0 Å². The van der Waals surface area contributed by atoms with Crippen LogP contribution in [0.2, 0.25) is 0 Å². The highest BCUT2D eigenvalue weighted by atomic mass is 127. The summed E-state index contributed by atoms with van der Waals surface area (Å²) in [6.45, 7) is 4.39. The molecule has 1 nitrogen and oxygen atoms in total. The average Bonchev–Trinajstić information content (AvgIpc) is 1.90. The first kappa shape index (κ1) is 8.78. The summed E-state index contributed by atoms with van der Waals surface area (Å²) in [5, 5.41) is 0. The Morgan fingerprint density at radius 1 is 1.00 bits per heavy atom. The summed E-state index contributed by atoms with van der Waals surface area (Å²) in [6.07, 6.45) is 4.53. The summed E-state index contributed by atoms with van der Waals surface area (Å²) in [5.74, 6) is 1.12. The van der Waals surface area contributed by atoms with Crippen LogP contribution in [0.1, 0.15) is 19.3 Å². The molecule has 10 heavy (non-hydrogen) atoms. The molecule has 0 unspecified atom stereocenters. The van der Waals surface area contributed by atoms with Gasteiger partial charge in [-0.1, -0.05) is 0 Å². The van der Waals surface area contributed by atoms with Crippen LogP contribution in [0.25, 0.3) is 0 Å². The SMILES string of the molecule is C[N+]12CCC(CC1)CC2.[I-]. The lowest BCUT2D eigenvalue weighted by atomic mass is 9.86. The number of rotatable bonds is 0. The molecule has 3 fully saturated rings. The maximum absolute atomic E-state index is 2.41. The summed E-state index contributed by atoms with van der Waals surface area (Å²) in [7, 11) is 2.41. The van der Waals surface area contributed by atoms with Crippen LogP contribution >= 0.6 is 0 Å². The third kappa shape index (κ3) is 1.47. The predicted molar refractivity (Wildman–Crippen MR) is 38.1 cm³/mol. The van der Waals surface area contributed by atoms with Gasteiger partial charge in [-0.05, 0) is 25.2 Å². The number of quaternary nitrogens is 1. The van der Waals surface area contributed by atoms with Crippen molar-refractivity contribution in [1.29, 1.82) is 0 Å². The molecule has 0 aliphatic carbocycles. The molecule has 0 aromatic heterocycles. The molecule has 3 aliphatic heterocycles. The summed E-state index contributed by atoms with van der Waals surface area (Å²) in [4.78, 5) is 0. The van der Waals surface area contributed by atoms with E-state index < -0.39 is 0 Å². The normalized spacial score (nSPS) is 44.7. The van der Waals surface area contributed by atoms with E-state index >= 15 is 0 Å². The minimum absolute atomic E-state index is 0. The van der Waals surface area contributed by atoms with Gasteiger partial charge in [-0.3, -0.25) is 0 Å². The number of piperidine rings is 3. The second kappa shape index (κ2) is 2.97. The van der Waals surface area contributed by atoms with Gasteiger partial charge in [-0.15, -0.1) is 0 Å². The van der Waals surface area contributed by atoms with Crippen LogP contribution in [0.15, 0.2) is 0 Å². The fourth-order valence-electron chi connectivity index (χ4n) is 2.25. The first-order valence-electron chi connectivity index (χ1n) is 4.12. The van der Waals surface area contributed by atoms with Gasteiger partial charge < -0.3 is 28.5 Å². The Kier molecular flexibility index (Phi) is 2.61. The monoisotopic (exact) mass is 253 g/mol. The maximum Gasteiger partial charge on any atom is 0.0787 e. The van der Waals surface area contributed by atoms with Crippen molar-refractivity contribution in [2.45, 2.75) is 19.3 Å². The van der Waals surface area contributed by atoms with E-state index in [0.29, 0.717) is 0 Å². The molecule has 3 heterocycles. The molecule has 0 atom stereocenters. The van der Waals surface area contributed by atoms with E-state index in [2.05, 4.69) is 7.05 Å². The van der Waals surface area contributed by atoms with Crippen LogP contribution in [0.4, 0.5) is 0 Å². The third-order valence-electron chi connectivity index (χ3n) is 3.23. The first-order chi connectivity index (χ1) is 4.29. The van der Waals surface area contributed by atoms with Crippen LogP contribution in [0, 0.1) is 5.92 Å². The smallest absolute Gasteiger partial charge is 0.0787 e. The molecule has 0 spiro atoms. The Balaban J connectivity index is 0.000000500. The van der Waals surface area contributed by atoms with Gasteiger partial charge in [0.15, 0.2) is 0 Å². The molecular weight excluding hydrogens is 237 g/mol. The molecule has 60 valence electrons. The van der Waals surface area contributed by atoms with Gasteiger partial charge in [0, 0.05) is 0 Å². The van der Waals surface area contributed by atoms with Gasteiger partial charge >= 0.3 is 0 Å². The molecule has 0 amide bonds. The van der Waals surface area contributed by atoms with Gasteiger partial charge in [0.25, 0.3) is 0 Å². The lowest BCUT2D eigenvalue weighted by Crippen LogP contribution is -3.00. The molecule has 0 N–H and O–H groups in total. The Morgan fingerprint density at radius 2 is 1.40 bits per heavy atom. The summed E-state index contributed by atoms with van der Waals surface area (Å²) >= 11 is 0. The summed E-state index contributed by atoms with van der Waals surface area (Å²) < 4.78 is 1.39. The van der Waals surface area contributed by atoms with Crippen LogP contribution in [0.5, 0.6) is 0 Å². The Bertz CT molecular complexity index is 103. The highest BCUT2D eigenvalue weighted by Gasteiger charge is 2.35. The standard InChI is InChI=1S/C8H16N.HI/c1-9-5-2-8(3-6-9)4-7-9;/h8H,2-7H2,1H3;1H/q+1;/p-1. The maximum atomic E-state index is 2.41. The van der Waals surface area contributed by atoms with Gasteiger partial charge in [0.1, 0.15) is 0 Å². The average molecular weight is 253 g/mol. The van der Waals surface area contributed by atoms with Crippen LogP contribution in [0.3, 0.4) is 0 Å². The molecule has 0 aromatic carbocycles. The second-order valence-corrected chi connectivity index (χ2v) is 4.02. The van der Waals surface area contributed by atoms with E-state index in [0.717, 1.165) is 5.92 Å². The van der Waals surface area contributed by atoms with Crippen molar-refractivity contribution in [2.24, 2.45) is 5.92 Å². The van der Waals surface area contributed by atoms with Gasteiger partial charge in [0.05, 0.1) is 26.7 Å². The number of fused-ring (bicyclic) bond motifs is 3. The zero-order valence-corrected chi connectivity index (χ0v) is 8.80. The Morgan fingerprint density at radius 3 is 1.60 bits per heavy atom. The Hall–Kier alpha value is 0.690. The van der Waals surface area contributed by atoms with Crippen LogP contribution in [-0.2, 0) is 0 Å². The minimum atomic E-state index is 0. The number of halogens is 1. The lowest BCUT2D eigenvalue weighted by molar-refractivity contribution is -0.924. The van der Waals surface area contributed by atoms with Gasteiger partial charge in [-0.2, -0.15) is 0 Å². The van der Waals surface area contributed by atoms with Crippen molar-refractivity contribution < 1.29 is 28.5 Å². The van der Waals surface area contributed by atoms with E-state index in [1.165, 1.54) is 43.4 Å². The van der Waals surface area contributed by atoms with E-state index in [9.17, 15) is 0 Å². The molecule has 0 saturated carbocycles. The summed E-state index contributed by atoms with van der Waals surface area (Å²) in [5.41, 5.74) is 0. The molecule has 3 rings (SSSR count). The number of nitrogens with zero attached hydrogens (tertiary/aromatic N) is 1. The highest BCUT2D eigenvalue weighted by Crippen LogP contribution is 2.31. The number of hydrogen-bond donors (Lipinski definition) is 0. The van der Waals surface area contributed by atoms with Gasteiger partial charge in [-0.25, -0.2) is 0 Å². The van der Waals surface area contributed by atoms with E-state index in [4.69, 9.17) is 0 Å². The summed E-state index contributed by atoms with van der Waals surface area (Å²) in [6, 6.07) is 0. The fourth-order valence-corrected chi connectivity index (χ4v) is 2.25.